The molecule has 0 heterocycles. The summed E-state index contributed by atoms with van der Waals surface area (Å²) in [5, 5.41) is 11.8. The minimum atomic E-state index is -1.01. The van der Waals surface area contributed by atoms with Crippen LogP contribution in [0.4, 0.5) is 0 Å². The summed E-state index contributed by atoms with van der Waals surface area (Å²) in [4.78, 5) is 23.3. The normalized spacial score (nSPS) is 14.3. The number of amides is 1. The van der Waals surface area contributed by atoms with E-state index in [0.29, 0.717) is 0 Å². The van der Waals surface area contributed by atoms with Crippen molar-refractivity contribution in [3.63, 3.8) is 0 Å². The molecule has 2 N–H and O–H groups in total. The second-order valence-corrected chi connectivity index (χ2v) is 7.28. The number of hydrogen-bond acceptors (Lipinski definition) is 2. The predicted octanol–water partition coefficient (Wildman–Crippen LogP) is 3.56. The maximum Gasteiger partial charge on any atom is 0.326 e. The maximum absolute atomic E-state index is 12.1. The summed E-state index contributed by atoms with van der Waals surface area (Å²) in [5.41, 5.74) is 0.526. The van der Waals surface area contributed by atoms with Crippen molar-refractivity contribution in [1.82, 2.24) is 5.32 Å². The molecule has 21 heavy (non-hydrogen) atoms. The molecular weight excluding hydrogens is 334 g/mol. The largest absolute Gasteiger partial charge is 0.480 e. The fourth-order valence-corrected chi connectivity index (χ4v) is 2.32. The van der Waals surface area contributed by atoms with Crippen molar-refractivity contribution >= 4 is 27.8 Å². The molecule has 1 rings (SSSR count). The lowest BCUT2D eigenvalue weighted by Gasteiger charge is -2.28. The van der Waals surface area contributed by atoms with Crippen molar-refractivity contribution in [3.05, 3.63) is 34.3 Å². The highest BCUT2D eigenvalue weighted by Gasteiger charge is 2.32. The fourth-order valence-electron chi connectivity index (χ4n) is 2.06. The number of carboxylic acids is 1. The summed E-state index contributed by atoms with van der Waals surface area (Å²) in [5.74, 6) is -1.22. The van der Waals surface area contributed by atoms with Gasteiger partial charge in [0.05, 0.1) is 0 Å². The van der Waals surface area contributed by atoms with Crippen molar-refractivity contribution in [1.29, 1.82) is 0 Å². The van der Waals surface area contributed by atoms with Gasteiger partial charge in [0, 0.05) is 10.9 Å². The molecule has 116 valence electrons. The summed E-state index contributed by atoms with van der Waals surface area (Å²) in [6, 6.07) is 6.89. The molecule has 0 aliphatic heterocycles. The molecule has 1 aromatic rings. The first kappa shape index (κ1) is 17.7. The highest BCUT2D eigenvalue weighted by molar-refractivity contribution is 9.10. The van der Waals surface area contributed by atoms with Gasteiger partial charge in [0.2, 0.25) is 5.91 Å². The monoisotopic (exact) mass is 355 g/mol. The molecule has 0 fully saturated rings. The first-order valence-electron chi connectivity index (χ1n) is 6.89. The number of nitrogens with one attached hydrogen (secondary N) is 1. The van der Waals surface area contributed by atoms with E-state index in [1.165, 1.54) is 0 Å². The van der Waals surface area contributed by atoms with Crippen LogP contribution in [-0.4, -0.2) is 23.0 Å². The number of carboxylic acid groups (broad SMARTS) is 1. The Balaban J connectivity index is 2.68. The molecule has 1 aromatic carbocycles. The van der Waals surface area contributed by atoms with Gasteiger partial charge < -0.3 is 10.4 Å². The second kappa shape index (κ2) is 7.07. The van der Waals surface area contributed by atoms with Crippen LogP contribution in [0.1, 0.15) is 45.6 Å². The molecule has 4 nitrogen and oxygen atoms in total. The van der Waals surface area contributed by atoms with E-state index in [0.717, 1.165) is 10.0 Å². The minimum absolute atomic E-state index is 0.0347. The summed E-state index contributed by atoms with van der Waals surface area (Å²) in [6.07, 6.45) is 0.265. The first-order valence-corrected chi connectivity index (χ1v) is 7.68. The van der Waals surface area contributed by atoms with Gasteiger partial charge in [0.1, 0.15) is 6.04 Å². The molecule has 0 aromatic heterocycles. The van der Waals surface area contributed by atoms with E-state index >= 15 is 0 Å². The predicted molar refractivity (Wildman–Crippen MR) is 86.2 cm³/mol. The molecule has 1 unspecified atom stereocenters. The molecule has 2 atom stereocenters. The van der Waals surface area contributed by atoms with Gasteiger partial charge in [-0.2, -0.15) is 0 Å². The number of halogens is 1. The van der Waals surface area contributed by atoms with Gasteiger partial charge in [-0.3, -0.25) is 4.79 Å². The van der Waals surface area contributed by atoms with Crippen LogP contribution in [0.5, 0.6) is 0 Å². The van der Waals surface area contributed by atoms with Crippen LogP contribution in [-0.2, 0) is 9.59 Å². The molecular formula is C16H22BrNO3. The molecule has 1 amide bonds. The third kappa shape index (κ3) is 5.50. The van der Waals surface area contributed by atoms with Crippen LogP contribution in [0.2, 0.25) is 0 Å². The molecule has 0 bridgehead atoms. The average Bonchev–Trinajstić information content (AvgIpc) is 2.35. The molecule has 5 heteroatoms. The van der Waals surface area contributed by atoms with Crippen LogP contribution >= 0.6 is 15.9 Å². The SMILES string of the molecule is CC(CC(=O)N[C@H](C(=O)O)C(C)(C)C)c1ccc(Br)cc1. The Labute approximate surface area is 134 Å². The number of rotatable bonds is 5. The maximum atomic E-state index is 12.1. The van der Waals surface area contributed by atoms with E-state index in [1.807, 2.05) is 31.2 Å². The van der Waals surface area contributed by atoms with E-state index in [2.05, 4.69) is 21.2 Å². The Hall–Kier alpha value is -1.36. The Kier molecular flexibility index (Phi) is 5.96. The van der Waals surface area contributed by atoms with Gasteiger partial charge in [-0.1, -0.05) is 55.8 Å². The van der Waals surface area contributed by atoms with E-state index < -0.39 is 17.4 Å². The van der Waals surface area contributed by atoms with Crippen LogP contribution in [0.15, 0.2) is 28.7 Å². The van der Waals surface area contributed by atoms with E-state index in [-0.39, 0.29) is 18.2 Å². The third-order valence-corrected chi connectivity index (χ3v) is 3.88. The van der Waals surface area contributed by atoms with E-state index in [9.17, 15) is 14.7 Å². The van der Waals surface area contributed by atoms with Crippen molar-refractivity contribution in [3.8, 4) is 0 Å². The molecule has 0 aliphatic rings. The highest BCUT2D eigenvalue weighted by Crippen LogP contribution is 2.23. The number of aliphatic carboxylic acids is 1. The van der Waals surface area contributed by atoms with E-state index in [1.54, 1.807) is 20.8 Å². The zero-order chi connectivity index (χ0) is 16.2. The van der Waals surface area contributed by atoms with Gasteiger partial charge in [-0.15, -0.1) is 0 Å². The van der Waals surface area contributed by atoms with Gasteiger partial charge in [0.25, 0.3) is 0 Å². The Bertz CT molecular complexity index is 505. The topological polar surface area (TPSA) is 66.4 Å². The quantitative estimate of drug-likeness (QED) is 0.848. The molecule has 0 saturated carbocycles. The number of carbonyl (C=O) groups excluding carboxylic acids is 1. The molecule has 0 spiro atoms. The number of hydrogen-bond donors (Lipinski definition) is 2. The Morgan fingerprint density at radius 2 is 1.76 bits per heavy atom. The summed E-state index contributed by atoms with van der Waals surface area (Å²) in [7, 11) is 0. The standard InChI is InChI=1S/C16H22BrNO3/c1-10(11-5-7-12(17)8-6-11)9-13(19)18-14(15(20)21)16(2,3)4/h5-8,10,14H,9H2,1-4H3,(H,18,19)(H,20,21)/t10?,14-/m1/s1. The van der Waals surface area contributed by atoms with Crippen molar-refractivity contribution in [2.75, 3.05) is 0 Å². The van der Waals surface area contributed by atoms with Crippen molar-refractivity contribution < 1.29 is 14.7 Å². The van der Waals surface area contributed by atoms with Gasteiger partial charge in [-0.25, -0.2) is 4.79 Å². The van der Waals surface area contributed by atoms with Crippen LogP contribution < -0.4 is 5.32 Å². The minimum Gasteiger partial charge on any atom is -0.480 e. The average molecular weight is 356 g/mol. The lowest BCUT2D eigenvalue weighted by molar-refractivity contribution is -0.145. The summed E-state index contributed by atoms with van der Waals surface area (Å²) >= 11 is 3.37. The third-order valence-electron chi connectivity index (χ3n) is 3.35. The fraction of sp³-hybridized carbons (Fsp3) is 0.500. The van der Waals surface area contributed by atoms with Crippen molar-refractivity contribution in [2.45, 2.75) is 46.1 Å². The van der Waals surface area contributed by atoms with Crippen LogP contribution in [0.3, 0.4) is 0 Å². The first-order chi connectivity index (χ1) is 9.61. The number of benzene rings is 1. The summed E-state index contributed by atoms with van der Waals surface area (Å²) in [6.45, 7) is 7.34. The zero-order valence-corrected chi connectivity index (χ0v) is 14.4. The van der Waals surface area contributed by atoms with Crippen LogP contribution in [0.25, 0.3) is 0 Å². The molecule has 0 radical (unpaired) electrons. The molecule has 0 saturated heterocycles. The zero-order valence-electron chi connectivity index (χ0n) is 12.8. The Morgan fingerprint density at radius 3 is 2.19 bits per heavy atom. The van der Waals surface area contributed by atoms with Gasteiger partial charge >= 0.3 is 5.97 Å². The Morgan fingerprint density at radius 1 is 1.24 bits per heavy atom. The smallest absolute Gasteiger partial charge is 0.326 e. The van der Waals surface area contributed by atoms with Gasteiger partial charge in [-0.05, 0) is 29.0 Å². The van der Waals surface area contributed by atoms with Crippen molar-refractivity contribution in [2.24, 2.45) is 5.41 Å². The second-order valence-electron chi connectivity index (χ2n) is 6.36. The van der Waals surface area contributed by atoms with Crippen LogP contribution in [0, 0.1) is 5.41 Å². The highest BCUT2D eigenvalue weighted by atomic mass is 79.9. The number of carbonyl (C=O) groups is 2. The molecule has 0 aliphatic carbocycles. The lowest BCUT2D eigenvalue weighted by atomic mass is 9.86. The van der Waals surface area contributed by atoms with E-state index in [4.69, 9.17) is 0 Å². The van der Waals surface area contributed by atoms with Gasteiger partial charge in [0.15, 0.2) is 0 Å². The lowest BCUT2D eigenvalue weighted by Crippen LogP contribution is -2.49. The summed E-state index contributed by atoms with van der Waals surface area (Å²) < 4.78 is 0.988.